The molecule has 3 nitrogen and oxygen atoms in total. The van der Waals surface area contributed by atoms with E-state index in [-0.39, 0.29) is 0 Å². The molecule has 0 N–H and O–H groups in total. The van der Waals surface area contributed by atoms with Gasteiger partial charge in [0.2, 0.25) is 0 Å². The van der Waals surface area contributed by atoms with Gasteiger partial charge in [0, 0.05) is 23.6 Å². The number of furan rings is 1. The fourth-order valence-corrected chi connectivity index (χ4v) is 1.88. The molecule has 0 aromatic carbocycles. The average Bonchev–Trinajstić information content (AvgIpc) is 2.68. The molecule has 0 spiro atoms. The summed E-state index contributed by atoms with van der Waals surface area (Å²) in [4.78, 5) is 6.64. The summed E-state index contributed by atoms with van der Waals surface area (Å²) in [6.45, 7) is 4.77. The molecule has 0 fully saturated rings. The number of hydrogen-bond donors (Lipinski definition) is 0. The lowest BCUT2D eigenvalue weighted by Gasteiger charge is -2.18. The first-order valence-corrected chi connectivity index (χ1v) is 6.24. The van der Waals surface area contributed by atoms with Crippen LogP contribution in [0.1, 0.15) is 17.0 Å². The van der Waals surface area contributed by atoms with Gasteiger partial charge in [-0.3, -0.25) is 0 Å². The molecular weight excluding hydrogens is 280 g/mol. The van der Waals surface area contributed by atoms with Crippen LogP contribution in [0.4, 0.5) is 5.82 Å². The smallest absolute Gasteiger partial charge is 0.128 e. The first-order valence-electron chi connectivity index (χ1n) is 5.45. The molecule has 0 aliphatic carbocycles. The molecule has 0 atom stereocenters. The lowest BCUT2D eigenvalue weighted by Crippen LogP contribution is -2.18. The van der Waals surface area contributed by atoms with E-state index in [0.29, 0.717) is 0 Å². The Balaban J connectivity index is 2.17. The monoisotopic (exact) mass is 294 g/mol. The number of hydrogen-bond acceptors (Lipinski definition) is 3. The summed E-state index contributed by atoms with van der Waals surface area (Å²) in [5.74, 6) is 1.93. The summed E-state index contributed by atoms with van der Waals surface area (Å²) < 4.78 is 6.33. The molecule has 2 aromatic rings. The molecule has 4 heteroatoms. The van der Waals surface area contributed by atoms with Crippen molar-refractivity contribution in [3.8, 4) is 0 Å². The van der Waals surface area contributed by atoms with Gasteiger partial charge in [0.05, 0.1) is 12.0 Å². The largest absolute Gasteiger partial charge is 0.469 e. The average molecular weight is 295 g/mol. The van der Waals surface area contributed by atoms with Crippen molar-refractivity contribution in [3.63, 3.8) is 0 Å². The van der Waals surface area contributed by atoms with Crippen LogP contribution in [0.3, 0.4) is 0 Å². The van der Waals surface area contributed by atoms with Gasteiger partial charge in [0.25, 0.3) is 0 Å². The molecule has 2 aromatic heterocycles. The number of nitrogens with zero attached hydrogens (tertiary/aromatic N) is 2. The van der Waals surface area contributed by atoms with E-state index in [9.17, 15) is 0 Å². The van der Waals surface area contributed by atoms with E-state index in [0.717, 1.165) is 28.3 Å². The highest BCUT2D eigenvalue weighted by Gasteiger charge is 2.08. The van der Waals surface area contributed by atoms with Crippen LogP contribution in [0.25, 0.3) is 0 Å². The van der Waals surface area contributed by atoms with Gasteiger partial charge in [-0.2, -0.15) is 0 Å². The molecule has 90 valence electrons. The van der Waals surface area contributed by atoms with Crippen LogP contribution in [-0.4, -0.2) is 12.0 Å². The van der Waals surface area contributed by atoms with E-state index in [4.69, 9.17) is 4.42 Å². The van der Waals surface area contributed by atoms with Crippen LogP contribution >= 0.6 is 15.9 Å². The lowest BCUT2D eigenvalue weighted by atomic mass is 10.2. The first kappa shape index (κ1) is 12.2. The highest BCUT2D eigenvalue weighted by Crippen LogP contribution is 2.20. The zero-order valence-corrected chi connectivity index (χ0v) is 11.8. The van der Waals surface area contributed by atoms with Crippen LogP contribution in [0.2, 0.25) is 0 Å². The first-order chi connectivity index (χ1) is 8.08. The van der Waals surface area contributed by atoms with Gasteiger partial charge in [-0.25, -0.2) is 4.98 Å². The Labute approximate surface area is 110 Å². The minimum absolute atomic E-state index is 0.802. The minimum Gasteiger partial charge on any atom is -0.469 e. The second-order valence-corrected chi connectivity index (χ2v) is 4.95. The van der Waals surface area contributed by atoms with Crippen LogP contribution in [-0.2, 0) is 6.54 Å². The van der Waals surface area contributed by atoms with Gasteiger partial charge in [0.1, 0.15) is 11.6 Å². The Morgan fingerprint density at radius 1 is 1.29 bits per heavy atom. The number of aromatic nitrogens is 1. The number of rotatable bonds is 3. The van der Waals surface area contributed by atoms with E-state index >= 15 is 0 Å². The van der Waals surface area contributed by atoms with E-state index < -0.39 is 0 Å². The molecule has 0 saturated carbocycles. The Morgan fingerprint density at radius 2 is 2.06 bits per heavy atom. The number of anilines is 1. The van der Waals surface area contributed by atoms with E-state index in [1.807, 2.05) is 39.1 Å². The third kappa shape index (κ3) is 2.69. The Bertz CT molecular complexity index is 522. The Morgan fingerprint density at radius 3 is 2.65 bits per heavy atom. The number of pyridine rings is 1. The molecule has 17 heavy (non-hydrogen) atoms. The van der Waals surface area contributed by atoms with Gasteiger partial charge >= 0.3 is 0 Å². The van der Waals surface area contributed by atoms with Crippen molar-refractivity contribution in [1.29, 1.82) is 0 Å². The summed E-state index contributed by atoms with van der Waals surface area (Å²) >= 11 is 3.45. The third-order valence-corrected chi connectivity index (χ3v) is 3.61. The SMILES string of the molecule is Cc1nc(N(C)Cc2ccoc2C)ccc1Br. The maximum absolute atomic E-state index is 5.29. The van der Waals surface area contributed by atoms with Crippen molar-refractivity contribution in [1.82, 2.24) is 4.98 Å². The molecule has 0 aliphatic rings. The fourth-order valence-electron chi connectivity index (χ4n) is 1.66. The highest BCUT2D eigenvalue weighted by molar-refractivity contribution is 9.10. The lowest BCUT2D eigenvalue weighted by molar-refractivity contribution is 0.529. The maximum Gasteiger partial charge on any atom is 0.128 e. The molecular formula is C13H15BrN2O. The van der Waals surface area contributed by atoms with Crippen molar-refractivity contribution >= 4 is 21.7 Å². The summed E-state index contributed by atoms with van der Waals surface area (Å²) in [5.41, 5.74) is 2.19. The van der Waals surface area contributed by atoms with E-state index in [2.05, 4.69) is 25.8 Å². The summed E-state index contributed by atoms with van der Waals surface area (Å²) in [7, 11) is 2.03. The van der Waals surface area contributed by atoms with Gasteiger partial charge in [-0.05, 0) is 48.0 Å². The van der Waals surface area contributed by atoms with Crippen molar-refractivity contribution < 1.29 is 4.42 Å². The minimum atomic E-state index is 0.802. The van der Waals surface area contributed by atoms with Crippen LogP contribution < -0.4 is 4.90 Å². The zero-order chi connectivity index (χ0) is 12.4. The Hall–Kier alpha value is -1.29. The topological polar surface area (TPSA) is 29.3 Å². The van der Waals surface area contributed by atoms with Crippen LogP contribution in [0.15, 0.2) is 33.4 Å². The van der Waals surface area contributed by atoms with Crippen LogP contribution in [0, 0.1) is 13.8 Å². The fraction of sp³-hybridized carbons (Fsp3) is 0.308. The normalized spacial score (nSPS) is 10.6. The molecule has 0 unspecified atom stereocenters. The molecule has 0 amide bonds. The van der Waals surface area contributed by atoms with Crippen molar-refractivity contribution in [2.24, 2.45) is 0 Å². The van der Waals surface area contributed by atoms with Crippen molar-refractivity contribution in [2.75, 3.05) is 11.9 Å². The molecule has 0 saturated heterocycles. The Kier molecular flexibility index (Phi) is 3.52. The molecule has 0 bridgehead atoms. The van der Waals surface area contributed by atoms with Crippen LogP contribution in [0.5, 0.6) is 0 Å². The molecule has 2 rings (SSSR count). The molecule has 0 aliphatic heterocycles. The third-order valence-electron chi connectivity index (χ3n) is 2.77. The maximum atomic E-state index is 5.29. The summed E-state index contributed by atoms with van der Waals surface area (Å²) in [6, 6.07) is 6.03. The van der Waals surface area contributed by atoms with E-state index in [1.165, 1.54) is 5.56 Å². The van der Waals surface area contributed by atoms with Crippen molar-refractivity contribution in [3.05, 3.63) is 46.0 Å². The van der Waals surface area contributed by atoms with E-state index in [1.54, 1.807) is 6.26 Å². The quantitative estimate of drug-likeness (QED) is 0.865. The predicted octanol–water partition coefficient (Wildman–Crippen LogP) is 3.69. The molecule has 0 radical (unpaired) electrons. The number of aryl methyl sites for hydroxylation is 2. The predicted molar refractivity (Wildman–Crippen MR) is 72.2 cm³/mol. The second-order valence-electron chi connectivity index (χ2n) is 4.09. The van der Waals surface area contributed by atoms with Gasteiger partial charge in [-0.15, -0.1) is 0 Å². The molecule has 2 heterocycles. The van der Waals surface area contributed by atoms with Gasteiger partial charge in [-0.1, -0.05) is 0 Å². The van der Waals surface area contributed by atoms with Gasteiger partial charge < -0.3 is 9.32 Å². The van der Waals surface area contributed by atoms with Gasteiger partial charge in [0.15, 0.2) is 0 Å². The zero-order valence-electron chi connectivity index (χ0n) is 10.2. The second kappa shape index (κ2) is 4.92. The number of halogens is 1. The highest BCUT2D eigenvalue weighted by atomic mass is 79.9. The summed E-state index contributed by atoms with van der Waals surface area (Å²) in [5, 5.41) is 0. The van der Waals surface area contributed by atoms with Crippen molar-refractivity contribution in [2.45, 2.75) is 20.4 Å². The summed E-state index contributed by atoms with van der Waals surface area (Å²) in [6.07, 6.45) is 1.72. The standard InChI is InChI=1S/C13H15BrN2O/c1-9-12(14)4-5-13(15-9)16(3)8-11-6-7-17-10(11)2/h4-7H,8H2,1-3H3.